The third-order valence-electron chi connectivity index (χ3n) is 4.94. The lowest BCUT2D eigenvalue weighted by Crippen LogP contribution is -2.21. The van der Waals surface area contributed by atoms with Crippen LogP contribution in [0.5, 0.6) is 0 Å². The molecule has 0 aliphatic heterocycles. The van der Waals surface area contributed by atoms with Crippen LogP contribution in [-0.2, 0) is 11.8 Å². The number of aromatic nitrogens is 2. The molecule has 0 unspecified atom stereocenters. The fourth-order valence-electron chi connectivity index (χ4n) is 3.46. The number of furan rings is 1. The van der Waals surface area contributed by atoms with Gasteiger partial charge in [-0.3, -0.25) is 14.2 Å². The lowest BCUT2D eigenvalue weighted by Gasteiger charge is -2.09. The minimum Gasteiger partial charge on any atom is -0.456 e. The number of hydrogen-bond donors (Lipinski definition) is 1. The highest BCUT2D eigenvalue weighted by atomic mass is 32.2. The van der Waals surface area contributed by atoms with E-state index in [-0.39, 0.29) is 17.2 Å². The summed E-state index contributed by atoms with van der Waals surface area (Å²) < 4.78 is 7.34. The average Bonchev–Trinajstić information content (AvgIpc) is 3.13. The van der Waals surface area contributed by atoms with Crippen molar-refractivity contribution in [2.75, 3.05) is 11.1 Å². The summed E-state index contributed by atoms with van der Waals surface area (Å²) in [5.41, 5.74) is 2.69. The van der Waals surface area contributed by atoms with Gasteiger partial charge in [0.25, 0.3) is 5.56 Å². The molecule has 148 valence electrons. The van der Waals surface area contributed by atoms with Crippen molar-refractivity contribution in [3.05, 3.63) is 77.1 Å². The van der Waals surface area contributed by atoms with Crippen LogP contribution in [0, 0.1) is 0 Å². The molecule has 1 N–H and O–H groups in total. The molecule has 0 fully saturated rings. The van der Waals surface area contributed by atoms with Gasteiger partial charge in [0.15, 0.2) is 5.16 Å². The van der Waals surface area contributed by atoms with E-state index in [2.05, 4.69) is 10.3 Å². The molecule has 0 aliphatic rings. The highest BCUT2D eigenvalue weighted by Crippen LogP contribution is 2.30. The van der Waals surface area contributed by atoms with E-state index in [1.54, 1.807) is 19.2 Å². The highest BCUT2D eigenvalue weighted by molar-refractivity contribution is 7.99. The fraction of sp³-hybridized carbons (Fsp3) is 0.0870. The molecule has 0 saturated heterocycles. The van der Waals surface area contributed by atoms with Crippen LogP contribution in [0.4, 0.5) is 5.69 Å². The van der Waals surface area contributed by atoms with Gasteiger partial charge < -0.3 is 9.73 Å². The smallest absolute Gasteiger partial charge is 0.261 e. The second kappa shape index (κ2) is 7.35. The number of thioether (sulfide) groups is 1. The van der Waals surface area contributed by atoms with Gasteiger partial charge in [0, 0.05) is 29.6 Å². The Labute approximate surface area is 175 Å². The monoisotopic (exact) mass is 415 g/mol. The van der Waals surface area contributed by atoms with Crippen molar-refractivity contribution < 1.29 is 9.21 Å². The zero-order valence-electron chi connectivity index (χ0n) is 16.1. The van der Waals surface area contributed by atoms with E-state index < -0.39 is 0 Å². The Balaban J connectivity index is 1.34. The summed E-state index contributed by atoms with van der Waals surface area (Å²) in [6.07, 6.45) is 0. The van der Waals surface area contributed by atoms with Gasteiger partial charge in [-0.25, -0.2) is 4.98 Å². The second-order valence-electron chi connectivity index (χ2n) is 6.92. The van der Waals surface area contributed by atoms with E-state index in [0.29, 0.717) is 21.7 Å². The minimum atomic E-state index is -0.183. The molecular weight excluding hydrogens is 398 g/mol. The minimum absolute atomic E-state index is 0.126. The standard InChI is InChI=1S/C23H17N3O3S/c1-26-22(28)17-7-2-4-8-18(17)25-23(26)30-13-21(27)24-14-10-11-16-15-6-3-5-9-19(15)29-20(16)12-14/h2-12H,13H2,1H3,(H,24,27). The number of benzene rings is 3. The van der Waals surface area contributed by atoms with E-state index in [9.17, 15) is 9.59 Å². The first-order valence-corrected chi connectivity index (χ1v) is 10.4. The summed E-state index contributed by atoms with van der Waals surface area (Å²) in [6, 6.07) is 20.6. The maximum absolute atomic E-state index is 12.5. The van der Waals surface area contributed by atoms with Gasteiger partial charge in [-0.2, -0.15) is 0 Å². The number of fused-ring (bicyclic) bond motifs is 4. The zero-order valence-corrected chi connectivity index (χ0v) is 16.9. The van der Waals surface area contributed by atoms with Crippen molar-refractivity contribution in [2.24, 2.45) is 7.05 Å². The summed E-state index contributed by atoms with van der Waals surface area (Å²) in [6.45, 7) is 0. The van der Waals surface area contributed by atoms with Gasteiger partial charge in [0.1, 0.15) is 11.2 Å². The van der Waals surface area contributed by atoms with Gasteiger partial charge in [-0.15, -0.1) is 0 Å². The Morgan fingerprint density at radius 1 is 1.00 bits per heavy atom. The molecular formula is C23H17N3O3S. The molecule has 30 heavy (non-hydrogen) atoms. The number of nitrogens with one attached hydrogen (secondary N) is 1. The lowest BCUT2D eigenvalue weighted by atomic mass is 10.1. The van der Waals surface area contributed by atoms with Crippen molar-refractivity contribution in [3.8, 4) is 0 Å². The molecule has 5 aromatic rings. The number of anilines is 1. The summed E-state index contributed by atoms with van der Waals surface area (Å²) in [4.78, 5) is 29.5. The van der Waals surface area contributed by atoms with Crippen LogP contribution in [0.3, 0.4) is 0 Å². The van der Waals surface area contributed by atoms with Crippen LogP contribution in [0.25, 0.3) is 32.8 Å². The maximum atomic E-state index is 12.5. The van der Waals surface area contributed by atoms with Crippen molar-refractivity contribution >= 4 is 56.2 Å². The summed E-state index contributed by atoms with van der Waals surface area (Å²) >= 11 is 1.23. The fourth-order valence-corrected chi connectivity index (χ4v) is 4.23. The Bertz CT molecular complexity index is 1490. The number of nitrogens with zero attached hydrogens (tertiary/aromatic N) is 2. The number of hydrogen-bond acceptors (Lipinski definition) is 5. The topological polar surface area (TPSA) is 77.1 Å². The summed E-state index contributed by atoms with van der Waals surface area (Å²) in [5.74, 6) is -0.0468. The number of carbonyl (C=O) groups is 1. The lowest BCUT2D eigenvalue weighted by molar-refractivity contribution is -0.113. The first-order valence-electron chi connectivity index (χ1n) is 9.40. The molecule has 0 radical (unpaired) electrons. The van der Waals surface area contributed by atoms with Gasteiger partial charge >= 0.3 is 0 Å². The van der Waals surface area contributed by atoms with Crippen LogP contribution in [-0.4, -0.2) is 21.2 Å². The Kier molecular flexibility index (Phi) is 4.52. The van der Waals surface area contributed by atoms with Gasteiger partial charge in [-0.1, -0.05) is 42.1 Å². The third-order valence-corrected chi connectivity index (χ3v) is 5.97. The summed E-state index contributed by atoms with van der Waals surface area (Å²) in [7, 11) is 1.66. The van der Waals surface area contributed by atoms with Crippen molar-refractivity contribution in [1.29, 1.82) is 0 Å². The highest BCUT2D eigenvalue weighted by Gasteiger charge is 2.12. The Morgan fingerprint density at radius 2 is 1.73 bits per heavy atom. The molecule has 1 amide bonds. The van der Waals surface area contributed by atoms with Crippen molar-refractivity contribution in [3.63, 3.8) is 0 Å². The quantitative estimate of drug-likeness (QED) is 0.344. The van der Waals surface area contributed by atoms with Crippen molar-refractivity contribution in [2.45, 2.75) is 5.16 Å². The Hall–Kier alpha value is -3.58. The third kappa shape index (κ3) is 3.23. The SMILES string of the molecule is Cn1c(SCC(=O)Nc2ccc3c(c2)oc2ccccc23)nc2ccccc2c1=O. The molecule has 0 atom stereocenters. The predicted octanol–water partition coefficient (Wildman–Crippen LogP) is 4.56. The van der Waals surface area contributed by atoms with Crippen molar-refractivity contribution in [1.82, 2.24) is 9.55 Å². The van der Waals surface area contributed by atoms with E-state index in [1.165, 1.54) is 16.3 Å². The zero-order chi connectivity index (χ0) is 20.7. The molecule has 6 nitrogen and oxygen atoms in total. The van der Waals surface area contributed by atoms with E-state index in [1.807, 2.05) is 54.6 Å². The predicted molar refractivity (Wildman–Crippen MR) is 120 cm³/mol. The normalized spacial score (nSPS) is 11.4. The second-order valence-corrected chi connectivity index (χ2v) is 7.86. The van der Waals surface area contributed by atoms with Crippen LogP contribution in [0.2, 0.25) is 0 Å². The van der Waals surface area contributed by atoms with Crippen LogP contribution >= 0.6 is 11.8 Å². The molecule has 5 rings (SSSR count). The molecule has 2 heterocycles. The van der Waals surface area contributed by atoms with E-state index >= 15 is 0 Å². The molecule has 7 heteroatoms. The molecule has 3 aromatic carbocycles. The number of amides is 1. The van der Waals surface area contributed by atoms with Gasteiger partial charge in [0.05, 0.1) is 16.7 Å². The van der Waals surface area contributed by atoms with Crippen LogP contribution in [0.1, 0.15) is 0 Å². The number of rotatable bonds is 4. The largest absolute Gasteiger partial charge is 0.456 e. The van der Waals surface area contributed by atoms with E-state index in [0.717, 1.165) is 21.9 Å². The average molecular weight is 415 g/mol. The number of para-hydroxylation sites is 2. The first-order chi connectivity index (χ1) is 14.6. The molecule has 2 aromatic heterocycles. The first kappa shape index (κ1) is 18.4. The van der Waals surface area contributed by atoms with Gasteiger partial charge in [-0.05, 0) is 30.3 Å². The van der Waals surface area contributed by atoms with Crippen LogP contribution < -0.4 is 10.9 Å². The Morgan fingerprint density at radius 3 is 2.60 bits per heavy atom. The van der Waals surface area contributed by atoms with Crippen LogP contribution in [0.15, 0.2) is 81.1 Å². The molecule has 0 aliphatic carbocycles. The molecule has 0 saturated carbocycles. The summed E-state index contributed by atoms with van der Waals surface area (Å²) in [5, 5.41) is 6.00. The molecule has 0 spiro atoms. The number of carbonyl (C=O) groups excluding carboxylic acids is 1. The van der Waals surface area contributed by atoms with E-state index in [4.69, 9.17) is 4.42 Å². The maximum Gasteiger partial charge on any atom is 0.261 e. The molecule has 0 bridgehead atoms. The van der Waals surface area contributed by atoms with Gasteiger partial charge in [0.2, 0.25) is 5.91 Å².